The predicted octanol–water partition coefficient (Wildman–Crippen LogP) is 17.5. The molecule has 6 aromatic rings. The van der Waals surface area contributed by atoms with Crippen LogP contribution in [0.15, 0.2) is 238 Å². The molecule has 5 atom stereocenters. The molecule has 5 nitrogen and oxygen atoms in total. The van der Waals surface area contributed by atoms with Crippen molar-refractivity contribution >= 4 is 70.1 Å². The molecule has 0 aromatic heterocycles. The molecule has 5 heteroatoms. The number of allylic oxidation sites excluding steroid dienone is 13. The van der Waals surface area contributed by atoms with Crippen molar-refractivity contribution in [1.82, 2.24) is 0 Å². The molecule has 380 valence electrons. The molecular weight excluding hydrogens is 947 g/mol. The van der Waals surface area contributed by atoms with Gasteiger partial charge in [-0.1, -0.05) is 182 Å². The van der Waals surface area contributed by atoms with Crippen molar-refractivity contribution < 1.29 is 0 Å². The zero-order valence-corrected chi connectivity index (χ0v) is 44.1. The third-order valence-electron chi connectivity index (χ3n) is 16.6. The van der Waals surface area contributed by atoms with Crippen LogP contribution >= 0.6 is 0 Å². The zero-order valence-electron chi connectivity index (χ0n) is 44.1. The lowest BCUT2D eigenvalue weighted by atomic mass is 9.79. The van der Waals surface area contributed by atoms with Crippen LogP contribution in [0.5, 0.6) is 0 Å². The van der Waals surface area contributed by atoms with Gasteiger partial charge in [-0.05, 0) is 163 Å². The van der Waals surface area contributed by atoms with E-state index in [1.807, 2.05) is 37.2 Å². The second-order valence-corrected chi connectivity index (χ2v) is 21.7. The van der Waals surface area contributed by atoms with Crippen LogP contribution in [-0.4, -0.2) is 44.2 Å². The summed E-state index contributed by atoms with van der Waals surface area (Å²) in [4.78, 5) is 23.2. The van der Waals surface area contributed by atoms with E-state index >= 15 is 0 Å². The molecule has 4 unspecified atom stereocenters. The Hall–Kier alpha value is -8.67. The zero-order chi connectivity index (χ0) is 52.0. The summed E-state index contributed by atoms with van der Waals surface area (Å²) in [5.41, 5.74) is 24.2. The first-order chi connectivity index (χ1) is 38.6. The van der Waals surface area contributed by atoms with E-state index in [1.165, 1.54) is 100 Å². The Morgan fingerprint density at radius 2 is 0.859 bits per heavy atom. The Morgan fingerprint density at radius 1 is 0.397 bits per heavy atom. The van der Waals surface area contributed by atoms with Gasteiger partial charge in [0.1, 0.15) is 0 Å². The van der Waals surface area contributed by atoms with E-state index in [9.17, 15) is 0 Å². The summed E-state index contributed by atoms with van der Waals surface area (Å²) in [6.07, 6.45) is 41.8. The van der Waals surface area contributed by atoms with Crippen molar-refractivity contribution in [3.8, 4) is 0 Å². The van der Waals surface area contributed by atoms with E-state index in [0.29, 0.717) is 6.54 Å². The molecule has 6 aromatic carbocycles. The summed E-state index contributed by atoms with van der Waals surface area (Å²) >= 11 is 0. The Morgan fingerprint density at radius 3 is 1.40 bits per heavy atom. The van der Waals surface area contributed by atoms with Crippen molar-refractivity contribution in [2.45, 2.75) is 74.5 Å². The van der Waals surface area contributed by atoms with E-state index < -0.39 is 0 Å². The smallest absolute Gasteiger partial charge is 0.0493 e. The number of hydrogen-bond acceptors (Lipinski definition) is 5. The number of dihydropyridines is 2. The topological polar surface area (TPSA) is 61.8 Å². The molecular formula is C73H63N5. The van der Waals surface area contributed by atoms with Crippen LogP contribution in [-0.2, 0) is 0 Å². The molecule has 0 saturated heterocycles. The minimum absolute atomic E-state index is 0.132. The van der Waals surface area contributed by atoms with Gasteiger partial charge in [-0.15, -0.1) is 0 Å². The molecule has 2 aliphatic carbocycles. The summed E-state index contributed by atoms with van der Waals surface area (Å²) in [5, 5.41) is 0. The van der Waals surface area contributed by atoms with Crippen LogP contribution < -0.4 is 0 Å². The Labute approximate surface area is 459 Å². The van der Waals surface area contributed by atoms with Gasteiger partial charge in [0.2, 0.25) is 0 Å². The lowest BCUT2D eigenvalue weighted by Gasteiger charge is -2.25. The number of rotatable bonds is 12. The van der Waals surface area contributed by atoms with Gasteiger partial charge in [0.15, 0.2) is 0 Å². The van der Waals surface area contributed by atoms with Crippen LogP contribution in [0.1, 0.15) is 141 Å². The van der Waals surface area contributed by atoms with Crippen molar-refractivity contribution in [2.24, 2.45) is 25.0 Å². The average molecular weight is 1010 g/mol. The summed E-state index contributed by atoms with van der Waals surface area (Å²) in [7, 11) is 0. The third-order valence-corrected chi connectivity index (χ3v) is 16.6. The molecule has 0 radical (unpaired) electrons. The maximum atomic E-state index is 5.08. The van der Waals surface area contributed by atoms with Gasteiger partial charge in [0.25, 0.3) is 0 Å². The largest absolute Gasteiger partial charge is 0.292 e. The molecule has 0 N–H and O–H groups in total. The van der Waals surface area contributed by atoms with Crippen LogP contribution in [0.2, 0.25) is 0 Å². The highest BCUT2D eigenvalue weighted by atomic mass is 14.7. The van der Waals surface area contributed by atoms with Crippen molar-refractivity contribution in [3.05, 3.63) is 280 Å². The second kappa shape index (κ2) is 22.5. The van der Waals surface area contributed by atoms with Crippen molar-refractivity contribution in [3.63, 3.8) is 0 Å². The minimum atomic E-state index is 0.132. The highest BCUT2D eigenvalue weighted by Crippen LogP contribution is 2.44. The third kappa shape index (κ3) is 10.8. The van der Waals surface area contributed by atoms with Gasteiger partial charge in [0, 0.05) is 92.4 Å². The second-order valence-electron chi connectivity index (χ2n) is 21.7. The number of benzene rings is 6. The van der Waals surface area contributed by atoms with E-state index in [2.05, 4.69) is 227 Å². The highest BCUT2D eigenvalue weighted by Gasteiger charge is 2.25. The van der Waals surface area contributed by atoms with Crippen LogP contribution in [0, 0.1) is 0 Å². The molecule has 5 heterocycles. The Bertz CT molecular complexity index is 3760. The lowest BCUT2D eigenvalue weighted by molar-refractivity contribution is 0.842. The van der Waals surface area contributed by atoms with E-state index in [-0.39, 0.29) is 29.6 Å². The maximum absolute atomic E-state index is 5.08. The van der Waals surface area contributed by atoms with Gasteiger partial charge in [0.05, 0.1) is 0 Å². The molecule has 0 saturated carbocycles. The molecule has 0 amide bonds. The molecule has 7 aliphatic rings. The highest BCUT2D eigenvalue weighted by molar-refractivity contribution is 6.10. The lowest BCUT2D eigenvalue weighted by Crippen LogP contribution is -2.09. The minimum Gasteiger partial charge on any atom is -0.292 e. The normalized spacial score (nSPS) is 22.5. The first-order valence-electron chi connectivity index (χ1n) is 28.1. The van der Waals surface area contributed by atoms with E-state index in [4.69, 9.17) is 4.99 Å². The fraction of sp³-hybridized carbons (Fsp3) is 0.192. The molecule has 0 spiro atoms. The average Bonchev–Trinajstić information content (AvgIpc) is 3.56. The summed E-state index contributed by atoms with van der Waals surface area (Å²) in [5.74, 6) is 1.08. The molecule has 13 rings (SSSR count). The van der Waals surface area contributed by atoms with Crippen molar-refractivity contribution in [2.75, 3.05) is 13.1 Å². The molecule has 78 heavy (non-hydrogen) atoms. The predicted molar refractivity (Wildman–Crippen MR) is 331 cm³/mol. The van der Waals surface area contributed by atoms with Crippen LogP contribution in [0.3, 0.4) is 0 Å². The van der Waals surface area contributed by atoms with E-state index in [1.54, 1.807) is 0 Å². The number of nitrogens with zero attached hydrogens (tertiary/aromatic N) is 5. The van der Waals surface area contributed by atoms with Gasteiger partial charge >= 0.3 is 0 Å². The Balaban J connectivity index is 0.815. The molecule has 5 aliphatic heterocycles. The fourth-order valence-corrected chi connectivity index (χ4v) is 12.3. The van der Waals surface area contributed by atoms with Gasteiger partial charge in [-0.25, -0.2) is 0 Å². The summed E-state index contributed by atoms with van der Waals surface area (Å²) < 4.78 is 0. The van der Waals surface area contributed by atoms with Gasteiger partial charge in [-0.3, -0.25) is 25.0 Å². The maximum Gasteiger partial charge on any atom is 0.0493 e. The molecule has 0 fully saturated rings. The fourth-order valence-electron chi connectivity index (χ4n) is 12.3. The van der Waals surface area contributed by atoms with Gasteiger partial charge in [-0.2, -0.15) is 0 Å². The summed E-state index contributed by atoms with van der Waals surface area (Å²) in [6.45, 7) is 1.49. The molecule has 0 bridgehead atoms. The van der Waals surface area contributed by atoms with Crippen LogP contribution in [0.25, 0.3) is 39.0 Å². The number of hydrogen-bond donors (Lipinski definition) is 0. The van der Waals surface area contributed by atoms with Crippen molar-refractivity contribution in [1.29, 1.82) is 0 Å². The quantitative estimate of drug-likeness (QED) is 0.117. The first kappa shape index (κ1) is 48.9. The summed E-state index contributed by atoms with van der Waals surface area (Å²) in [6, 6.07) is 55.1. The SMILES string of the molecule is C1=CC(c2cccc(C3=CC(c4cccc(C5=CN=CCC5)c4)=CC(c4cccc(C5=CC(c6cccc(C7=CC(c8cccc(C9=CN=CCC9)c8)CC(c8cccc([C@H]9C=NC=CC9)c8)=C7)c6)CN=C5)c4)C3)c2)CN=C1. The number of aliphatic imine (C=N–C) groups is 5. The monoisotopic (exact) mass is 1010 g/mol. The van der Waals surface area contributed by atoms with Crippen LogP contribution in [0.4, 0.5) is 0 Å². The van der Waals surface area contributed by atoms with E-state index in [0.717, 1.165) is 57.1 Å². The Kier molecular flexibility index (Phi) is 14.1. The van der Waals surface area contributed by atoms with Gasteiger partial charge < -0.3 is 0 Å². The first-order valence-corrected chi connectivity index (χ1v) is 28.1. The standard InChI is InChI=1S/C73H63N5/c1-11-50(62-23-7-27-74-44-62)31-54(15-1)66-37-67(55-16-2-12-51(32-55)63-24-8-28-75-45-63)40-70(39-66)58-19-5-21-60(35-58)72-43-73(49-78-48-72)61-22-6-20-59(36-61)71-41-68(56-17-3-13-52(33-56)64-25-9-29-76-46-64)38-69(42-71)57-18-4-14-53(34-57)65-26-10-30-77-47-65/h1-7,9,11-23,27-37,40-43,45-48,62,64,69-70,73H,8,10,24-26,38-39,44,49H2/t62?,64-,69?,70?,73?/m1/s1.